The van der Waals surface area contributed by atoms with E-state index in [-0.39, 0.29) is 17.7 Å². The molecular formula is C16H20ClN3O2. The first kappa shape index (κ1) is 15.3. The summed E-state index contributed by atoms with van der Waals surface area (Å²) < 4.78 is 0. The fraction of sp³-hybridized carbons (Fsp3) is 0.500. The van der Waals surface area contributed by atoms with Crippen LogP contribution in [0.3, 0.4) is 0 Å². The maximum Gasteiger partial charge on any atom is 0.249 e. The molecule has 2 amide bonds. The van der Waals surface area contributed by atoms with Gasteiger partial charge in [0.1, 0.15) is 6.04 Å². The van der Waals surface area contributed by atoms with E-state index in [1.54, 1.807) is 17.0 Å². The molecule has 3 rings (SSSR count). The van der Waals surface area contributed by atoms with Gasteiger partial charge in [0.15, 0.2) is 0 Å². The average Bonchev–Trinajstić information content (AvgIpc) is 2.89. The van der Waals surface area contributed by atoms with Gasteiger partial charge in [-0.15, -0.1) is 0 Å². The Morgan fingerprint density at radius 1 is 1.36 bits per heavy atom. The van der Waals surface area contributed by atoms with Gasteiger partial charge in [0, 0.05) is 23.8 Å². The summed E-state index contributed by atoms with van der Waals surface area (Å²) in [6.45, 7) is 2.27. The minimum Gasteiger partial charge on any atom is -0.344 e. The Hall–Kier alpha value is -1.59. The normalized spacial score (nSPS) is 25.3. The van der Waals surface area contributed by atoms with Gasteiger partial charge in [-0.2, -0.15) is 0 Å². The van der Waals surface area contributed by atoms with E-state index in [1.165, 1.54) is 0 Å². The number of carbonyl (C=O) groups is 2. The zero-order chi connectivity index (χ0) is 15.5. The number of amides is 2. The number of nitrogens with zero attached hydrogens (tertiary/aromatic N) is 1. The molecule has 2 N–H and O–H groups in total. The number of anilines is 1. The van der Waals surface area contributed by atoms with Crippen LogP contribution in [0, 0.1) is 5.92 Å². The number of hydrogen-bond donors (Lipinski definition) is 2. The Bertz CT molecular complexity index is 572. The van der Waals surface area contributed by atoms with Gasteiger partial charge >= 0.3 is 0 Å². The number of nitrogens with one attached hydrogen (secondary N) is 2. The van der Waals surface area contributed by atoms with E-state index in [2.05, 4.69) is 10.6 Å². The molecule has 1 aromatic rings. The lowest BCUT2D eigenvalue weighted by atomic mass is 9.98. The highest BCUT2D eigenvalue weighted by Crippen LogP contribution is 2.24. The van der Waals surface area contributed by atoms with Crippen molar-refractivity contribution in [3.8, 4) is 0 Å². The Morgan fingerprint density at radius 2 is 2.23 bits per heavy atom. The molecule has 0 aliphatic carbocycles. The zero-order valence-electron chi connectivity index (χ0n) is 12.3. The van der Waals surface area contributed by atoms with Crippen molar-refractivity contribution in [1.82, 2.24) is 10.6 Å². The summed E-state index contributed by atoms with van der Waals surface area (Å²) in [7, 11) is 0. The van der Waals surface area contributed by atoms with Gasteiger partial charge in [0.25, 0.3) is 0 Å². The molecule has 2 atom stereocenters. The quantitative estimate of drug-likeness (QED) is 0.888. The molecule has 2 aliphatic heterocycles. The standard InChI is InChI=1S/C16H20ClN3O2/c17-12-4-1-5-13(9-12)20-8-6-14(16(20)22)19-15(21)11-3-2-7-18-10-11/h1,4-5,9,11,14,18H,2-3,6-8,10H2,(H,19,21). The summed E-state index contributed by atoms with van der Waals surface area (Å²) >= 11 is 5.98. The molecule has 5 nitrogen and oxygen atoms in total. The van der Waals surface area contributed by atoms with Gasteiger partial charge in [-0.1, -0.05) is 17.7 Å². The Balaban J connectivity index is 1.62. The van der Waals surface area contributed by atoms with Crippen LogP contribution in [0.1, 0.15) is 19.3 Å². The van der Waals surface area contributed by atoms with Crippen molar-refractivity contribution in [2.45, 2.75) is 25.3 Å². The summed E-state index contributed by atoms with van der Waals surface area (Å²) in [6.07, 6.45) is 2.53. The average molecular weight is 322 g/mol. The lowest BCUT2D eigenvalue weighted by Gasteiger charge is -2.23. The number of rotatable bonds is 3. The Kier molecular flexibility index (Phi) is 4.64. The van der Waals surface area contributed by atoms with Gasteiger partial charge in [-0.25, -0.2) is 0 Å². The molecule has 118 valence electrons. The van der Waals surface area contributed by atoms with Crippen LogP contribution in [-0.2, 0) is 9.59 Å². The fourth-order valence-corrected chi connectivity index (χ4v) is 3.26. The molecule has 2 heterocycles. The van der Waals surface area contributed by atoms with Gasteiger partial charge in [-0.3, -0.25) is 9.59 Å². The van der Waals surface area contributed by atoms with Crippen LogP contribution in [0.2, 0.25) is 5.02 Å². The van der Waals surface area contributed by atoms with Crippen LogP contribution in [-0.4, -0.2) is 37.5 Å². The predicted molar refractivity (Wildman–Crippen MR) is 85.9 cm³/mol. The second-order valence-electron chi connectivity index (χ2n) is 5.86. The first-order chi connectivity index (χ1) is 10.6. The monoisotopic (exact) mass is 321 g/mol. The molecule has 2 aliphatic rings. The van der Waals surface area contributed by atoms with Crippen molar-refractivity contribution in [1.29, 1.82) is 0 Å². The molecule has 2 unspecified atom stereocenters. The summed E-state index contributed by atoms with van der Waals surface area (Å²) in [4.78, 5) is 26.4. The highest BCUT2D eigenvalue weighted by Gasteiger charge is 2.35. The van der Waals surface area contributed by atoms with Crippen molar-refractivity contribution >= 4 is 29.1 Å². The van der Waals surface area contributed by atoms with Crippen LogP contribution in [0.15, 0.2) is 24.3 Å². The van der Waals surface area contributed by atoms with Gasteiger partial charge in [0.05, 0.1) is 5.92 Å². The van der Waals surface area contributed by atoms with E-state index >= 15 is 0 Å². The second-order valence-corrected chi connectivity index (χ2v) is 6.30. The van der Waals surface area contributed by atoms with Crippen molar-refractivity contribution < 1.29 is 9.59 Å². The van der Waals surface area contributed by atoms with E-state index < -0.39 is 6.04 Å². The minimum atomic E-state index is -0.423. The van der Waals surface area contributed by atoms with Gasteiger partial charge < -0.3 is 15.5 Å². The molecule has 0 spiro atoms. The first-order valence-electron chi connectivity index (χ1n) is 7.73. The summed E-state index contributed by atoms with van der Waals surface area (Å²) in [5.74, 6) is -0.0975. The molecule has 2 saturated heterocycles. The van der Waals surface area contributed by atoms with Crippen LogP contribution >= 0.6 is 11.6 Å². The molecule has 0 radical (unpaired) electrons. The van der Waals surface area contributed by atoms with Crippen LogP contribution < -0.4 is 15.5 Å². The molecule has 6 heteroatoms. The number of hydrogen-bond acceptors (Lipinski definition) is 3. The zero-order valence-corrected chi connectivity index (χ0v) is 13.1. The molecule has 0 saturated carbocycles. The molecule has 1 aromatic carbocycles. The largest absolute Gasteiger partial charge is 0.344 e. The Morgan fingerprint density at radius 3 is 2.95 bits per heavy atom. The fourth-order valence-electron chi connectivity index (χ4n) is 3.08. The summed E-state index contributed by atoms with van der Waals surface area (Å²) in [5, 5.41) is 6.73. The highest BCUT2D eigenvalue weighted by atomic mass is 35.5. The minimum absolute atomic E-state index is 0.0153. The topological polar surface area (TPSA) is 61.4 Å². The van der Waals surface area contributed by atoms with Crippen LogP contribution in [0.5, 0.6) is 0 Å². The SMILES string of the molecule is O=C(NC1CCN(c2cccc(Cl)c2)C1=O)C1CCCNC1. The van der Waals surface area contributed by atoms with Crippen molar-refractivity contribution in [2.24, 2.45) is 5.92 Å². The van der Waals surface area contributed by atoms with E-state index in [0.717, 1.165) is 25.1 Å². The summed E-state index contributed by atoms with van der Waals surface area (Å²) in [6, 6.07) is 6.81. The maximum absolute atomic E-state index is 12.5. The molecular weight excluding hydrogens is 302 g/mol. The first-order valence-corrected chi connectivity index (χ1v) is 8.11. The second kappa shape index (κ2) is 6.67. The van der Waals surface area contributed by atoms with E-state index in [4.69, 9.17) is 11.6 Å². The van der Waals surface area contributed by atoms with E-state index in [9.17, 15) is 9.59 Å². The lowest BCUT2D eigenvalue weighted by Crippen LogP contribution is -2.47. The number of benzene rings is 1. The molecule has 2 fully saturated rings. The van der Waals surface area contributed by atoms with Crippen LogP contribution in [0.25, 0.3) is 0 Å². The third kappa shape index (κ3) is 3.25. The maximum atomic E-state index is 12.5. The number of halogens is 1. The van der Waals surface area contributed by atoms with Crippen molar-refractivity contribution in [3.05, 3.63) is 29.3 Å². The lowest BCUT2D eigenvalue weighted by molar-refractivity contribution is -0.129. The number of carbonyl (C=O) groups excluding carboxylic acids is 2. The van der Waals surface area contributed by atoms with Crippen LogP contribution in [0.4, 0.5) is 5.69 Å². The predicted octanol–water partition coefficient (Wildman–Crippen LogP) is 1.56. The number of piperidine rings is 1. The van der Waals surface area contributed by atoms with E-state index in [0.29, 0.717) is 24.5 Å². The summed E-state index contributed by atoms with van der Waals surface area (Å²) in [5.41, 5.74) is 0.786. The van der Waals surface area contributed by atoms with Gasteiger partial charge in [-0.05, 0) is 44.0 Å². The molecule has 0 bridgehead atoms. The van der Waals surface area contributed by atoms with Crippen molar-refractivity contribution in [2.75, 3.05) is 24.5 Å². The van der Waals surface area contributed by atoms with Gasteiger partial charge in [0.2, 0.25) is 11.8 Å². The molecule has 22 heavy (non-hydrogen) atoms. The van der Waals surface area contributed by atoms with E-state index in [1.807, 2.05) is 12.1 Å². The smallest absolute Gasteiger partial charge is 0.249 e. The Labute approximate surface area is 135 Å². The molecule has 0 aromatic heterocycles. The highest BCUT2D eigenvalue weighted by molar-refractivity contribution is 6.31. The third-order valence-corrected chi connectivity index (χ3v) is 4.54. The van der Waals surface area contributed by atoms with Crippen molar-refractivity contribution in [3.63, 3.8) is 0 Å². The third-order valence-electron chi connectivity index (χ3n) is 4.31.